The first-order valence-corrected chi connectivity index (χ1v) is 10.4. The van der Waals surface area contributed by atoms with Crippen molar-refractivity contribution in [3.05, 3.63) is 102 Å². The second-order valence-electron chi connectivity index (χ2n) is 7.87. The molecule has 4 rings (SSSR count). The van der Waals surface area contributed by atoms with Crippen LogP contribution in [0.1, 0.15) is 29.5 Å². The maximum atomic E-state index is 12.7. The summed E-state index contributed by atoms with van der Waals surface area (Å²) >= 11 is 0. The Labute approximate surface area is 177 Å². The Morgan fingerprint density at radius 2 is 1.67 bits per heavy atom. The van der Waals surface area contributed by atoms with Crippen molar-refractivity contribution in [1.82, 2.24) is 4.98 Å². The minimum Gasteiger partial charge on any atom is -0.361 e. The molecule has 4 N–H and O–H groups in total. The fourth-order valence-corrected chi connectivity index (χ4v) is 3.85. The topological polar surface area (TPSA) is 61.5 Å². The Hall–Kier alpha value is -3.37. The van der Waals surface area contributed by atoms with Crippen molar-refractivity contribution in [1.29, 1.82) is 0 Å². The molecule has 0 aliphatic heterocycles. The van der Waals surface area contributed by atoms with Gasteiger partial charge in [-0.2, -0.15) is 0 Å². The molecule has 0 bridgehead atoms. The lowest BCUT2D eigenvalue weighted by molar-refractivity contribution is -0.674. The highest BCUT2D eigenvalue weighted by Gasteiger charge is 2.23. The van der Waals surface area contributed by atoms with Gasteiger partial charge in [-0.1, -0.05) is 66.2 Å². The molecule has 1 heterocycles. The molecule has 4 heteroatoms. The normalized spacial score (nSPS) is 13.1. The first kappa shape index (κ1) is 19.9. The van der Waals surface area contributed by atoms with Gasteiger partial charge in [-0.3, -0.25) is 4.79 Å². The van der Waals surface area contributed by atoms with Crippen LogP contribution in [0, 0.1) is 6.92 Å². The Morgan fingerprint density at radius 3 is 2.43 bits per heavy atom. The molecule has 2 atom stereocenters. The Kier molecular flexibility index (Phi) is 5.96. The van der Waals surface area contributed by atoms with E-state index in [1.165, 1.54) is 22.1 Å². The van der Waals surface area contributed by atoms with Gasteiger partial charge < -0.3 is 15.6 Å². The number of benzene rings is 3. The second-order valence-corrected chi connectivity index (χ2v) is 7.87. The predicted octanol–water partition coefficient (Wildman–Crippen LogP) is 4.20. The zero-order valence-electron chi connectivity index (χ0n) is 17.4. The van der Waals surface area contributed by atoms with Gasteiger partial charge in [-0.15, -0.1) is 0 Å². The van der Waals surface area contributed by atoms with Gasteiger partial charge in [0.25, 0.3) is 5.91 Å². The third-order valence-corrected chi connectivity index (χ3v) is 5.66. The molecule has 4 aromatic rings. The van der Waals surface area contributed by atoms with E-state index in [0.29, 0.717) is 0 Å². The van der Waals surface area contributed by atoms with E-state index in [-0.39, 0.29) is 17.9 Å². The lowest BCUT2D eigenvalue weighted by atomic mass is 9.90. The minimum absolute atomic E-state index is 0.0181. The number of hydrogen-bond acceptors (Lipinski definition) is 1. The second kappa shape index (κ2) is 8.97. The van der Waals surface area contributed by atoms with Crippen LogP contribution in [0.5, 0.6) is 0 Å². The maximum absolute atomic E-state index is 12.7. The number of aryl methyl sites for hydroxylation is 1. The van der Waals surface area contributed by atoms with Crippen LogP contribution in [0.4, 0.5) is 5.69 Å². The van der Waals surface area contributed by atoms with Crippen LogP contribution < -0.4 is 10.6 Å². The van der Waals surface area contributed by atoms with E-state index >= 15 is 0 Å². The molecule has 0 aliphatic carbocycles. The fourth-order valence-electron chi connectivity index (χ4n) is 3.85. The van der Waals surface area contributed by atoms with Crippen molar-refractivity contribution >= 4 is 22.5 Å². The lowest BCUT2D eigenvalue weighted by Crippen LogP contribution is -2.92. The maximum Gasteiger partial charge on any atom is 0.282 e. The molecule has 1 aromatic heterocycles. The van der Waals surface area contributed by atoms with Gasteiger partial charge in [-0.25, -0.2) is 0 Å². The van der Waals surface area contributed by atoms with E-state index in [2.05, 4.69) is 64.3 Å². The summed E-state index contributed by atoms with van der Waals surface area (Å²) in [5, 5.41) is 6.38. The average molecular weight is 399 g/mol. The molecule has 0 aliphatic rings. The zero-order valence-corrected chi connectivity index (χ0v) is 17.4. The van der Waals surface area contributed by atoms with Crippen LogP contribution >= 0.6 is 0 Å². The number of hydrogen-bond donors (Lipinski definition) is 3. The molecule has 0 spiro atoms. The van der Waals surface area contributed by atoms with Crippen LogP contribution in [-0.4, -0.2) is 23.5 Å². The molecule has 0 saturated heterocycles. The standard InChI is InChI=1S/C26H27N3O/c1-18-12-14-21(15-13-18)29-26(30)19(2)27-16-23(20-8-4-3-5-9-20)24-17-28-25-11-7-6-10-22(24)25/h3-15,17,19,23,27-28H,16H2,1-2H3,(H,29,30)/p+1/t19-,23+/m0/s1. The Balaban J connectivity index is 1.51. The SMILES string of the molecule is Cc1ccc(NC(=O)[C@H](C)[NH2+]C[C@H](c2ccccc2)c2c[nH]c3ccccc23)cc1. The van der Waals surface area contributed by atoms with Crippen molar-refractivity contribution in [2.24, 2.45) is 0 Å². The predicted molar refractivity (Wildman–Crippen MR) is 123 cm³/mol. The van der Waals surface area contributed by atoms with Crippen molar-refractivity contribution in [2.75, 3.05) is 11.9 Å². The highest BCUT2D eigenvalue weighted by atomic mass is 16.2. The molecule has 152 valence electrons. The molecule has 0 unspecified atom stereocenters. The van der Waals surface area contributed by atoms with Gasteiger partial charge in [0, 0.05) is 22.8 Å². The summed E-state index contributed by atoms with van der Waals surface area (Å²) in [6.45, 7) is 4.78. The molecular weight excluding hydrogens is 370 g/mol. The van der Waals surface area contributed by atoms with Gasteiger partial charge in [-0.05, 0) is 43.2 Å². The third kappa shape index (κ3) is 4.44. The summed E-state index contributed by atoms with van der Waals surface area (Å²) in [6, 6.07) is 26.6. The number of para-hydroxylation sites is 1. The number of nitrogens with one attached hydrogen (secondary N) is 2. The van der Waals surface area contributed by atoms with Crippen LogP contribution in [0.2, 0.25) is 0 Å². The number of amides is 1. The van der Waals surface area contributed by atoms with E-state index in [1.807, 2.05) is 50.2 Å². The zero-order chi connectivity index (χ0) is 20.9. The molecule has 4 nitrogen and oxygen atoms in total. The number of H-pyrrole nitrogens is 1. The van der Waals surface area contributed by atoms with E-state index in [1.54, 1.807) is 0 Å². The number of fused-ring (bicyclic) bond motifs is 1. The van der Waals surface area contributed by atoms with Crippen molar-refractivity contribution < 1.29 is 10.1 Å². The molecule has 30 heavy (non-hydrogen) atoms. The summed E-state index contributed by atoms with van der Waals surface area (Å²) in [5.41, 5.74) is 5.67. The molecule has 0 radical (unpaired) electrons. The number of aromatic nitrogens is 1. The third-order valence-electron chi connectivity index (χ3n) is 5.66. The van der Waals surface area contributed by atoms with E-state index in [4.69, 9.17) is 0 Å². The van der Waals surface area contributed by atoms with E-state index in [9.17, 15) is 4.79 Å². The summed E-state index contributed by atoms with van der Waals surface area (Å²) in [6.07, 6.45) is 2.10. The van der Waals surface area contributed by atoms with Crippen molar-refractivity contribution in [3.8, 4) is 0 Å². The number of nitrogens with two attached hydrogens (primary N) is 1. The van der Waals surface area contributed by atoms with Gasteiger partial charge in [0.1, 0.15) is 0 Å². The number of quaternary nitrogens is 1. The summed E-state index contributed by atoms with van der Waals surface area (Å²) < 4.78 is 0. The van der Waals surface area contributed by atoms with E-state index in [0.717, 1.165) is 17.7 Å². The number of carbonyl (C=O) groups excluding carboxylic acids is 1. The van der Waals surface area contributed by atoms with Gasteiger partial charge in [0.15, 0.2) is 6.04 Å². The average Bonchev–Trinajstić information content (AvgIpc) is 3.20. The molecule has 0 saturated carbocycles. The first-order valence-electron chi connectivity index (χ1n) is 10.4. The van der Waals surface area contributed by atoms with Crippen molar-refractivity contribution in [2.45, 2.75) is 25.8 Å². The number of carbonyl (C=O) groups is 1. The highest BCUT2D eigenvalue weighted by molar-refractivity contribution is 5.93. The summed E-state index contributed by atoms with van der Waals surface area (Å²) in [5.74, 6) is 0.210. The molecule has 0 fully saturated rings. The Morgan fingerprint density at radius 1 is 0.967 bits per heavy atom. The summed E-state index contributed by atoms with van der Waals surface area (Å²) in [7, 11) is 0. The van der Waals surface area contributed by atoms with Gasteiger partial charge in [0.2, 0.25) is 0 Å². The highest BCUT2D eigenvalue weighted by Crippen LogP contribution is 2.29. The van der Waals surface area contributed by atoms with Crippen LogP contribution in [0.25, 0.3) is 10.9 Å². The molecular formula is C26H28N3O+. The summed E-state index contributed by atoms with van der Waals surface area (Å²) in [4.78, 5) is 16.1. The van der Waals surface area contributed by atoms with Crippen LogP contribution in [0.3, 0.4) is 0 Å². The number of anilines is 1. The number of aromatic amines is 1. The fraction of sp³-hybridized carbons (Fsp3) is 0.192. The van der Waals surface area contributed by atoms with E-state index < -0.39 is 0 Å². The first-order chi connectivity index (χ1) is 14.6. The van der Waals surface area contributed by atoms with Gasteiger partial charge >= 0.3 is 0 Å². The number of rotatable bonds is 7. The smallest absolute Gasteiger partial charge is 0.282 e. The lowest BCUT2D eigenvalue weighted by Gasteiger charge is -2.19. The largest absolute Gasteiger partial charge is 0.361 e. The molecule has 3 aromatic carbocycles. The van der Waals surface area contributed by atoms with Gasteiger partial charge in [0.05, 0.1) is 12.5 Å². The van der Waals surface area contributed by atoms with Crippen LogP contribution in [-0.2, 0) is 4.79 Å². The Bertz CT molecular complexity index is 1120. The van der Waals surface area contributed by atoms with Crippen molar-refractivity contribution in [3.63, 3.8) is 0 Å². The molecule has 1 amide bonds. The monoisotopic (exact) mass is 398 g/mol. The van der Waals surface area contributed by atoms with Crippen LogP contribution in [0.15, 0.2) is 85.1 Å². The minimum atomic E-state index is -0.192. The quantitative estimate of drug-likeness (QED) is 0.429.